The van der Waals surface area contributed by atoms with Crippen LogP contribution in [0.2, 0.25) is 0 Å². The normalized spacial score (nSPS) is 11.1. The number of carbonyl (C=O) groups is 2. The molecule has 0 spiro atoms. The first-order chi connectivity index (χ1) is 9.86. The van der Waals surface area contributed by atoms with Crippen LogP contribution in [0, 0.1) is 0 Å². The average Bonchev–Trinajstić information content (AvgIpc) is 2.45. The van der Waals surface area contributed by atoms with Crippen molar-refractivity contribution in [3.05, 3.63) is 29.8 Å². The molecular weight excluding hydrogens is 298 g/mol. The van der Waals surface area contributed by atoms with Crippen LogP contribution in [-0.2, 0) is 19.6 Å². The lowest BCUT2D eigenvalue weighted by Gasteiger charge is -2.07. The first-order valence-corrected chi connectivity index (χ1v) is 7.75. The standard InChI is InChI=1S/C13H17NO6S/c1-20-13(17)10-5-7-11(8-6-10)21(18,19)14-9-3-2-4-12(15)16/h5-8,14H,2-4,9H2,1H3,(H,15,16). The SMILES string of the molecule is COC(=O)c1ccc(S(=O)(=O)NCCCCC(=O)O)cc1. The van der Waals surface area contributed by atoms with Gasteiger partial charge in [-0.3, -0.25) is 4.79 Å². The van der Waals surface area contributed by atoms with Gasteiger partial charge >= 0.3 is 11.9 Å². The van der Waals surface area contributed by atoms with Crippen molar-refractivity contribution < 1.29 is 27.9 Å². The Morgan fingerprint density at radius 1 is 1.19 bits per heavy atom. The van der Waals surface area contributed by atoms with E-state index in [1.165, 1.54) is 31.4 Å². The lowest BCUT2D eigenvalue weighted by atomic mass is 10.2. The molecule has 0 atom stereocenters. The number of ether oxygens (including phenoxy) is 1. The topological polar surface area (TPSA) is 110 Å². The fraction of sp³-hybridized carbons (Fsp3) is 0.385. The number of sulfonamides is 1. The molecule has 116 valence electrons. The van der Waals surface area contributed by atoms with Crippen LogP contribution in [0.5, 0.6) is 0 Å². The van der Waals surface area contributed by atoms with Crippen molar-refractivity contribution in [3.8, 4) is 0 Å². The number of carboxylic acid groups (broad SMARTS) is 1. The maximum atomic E-state index is 11.9. The summed E-state index contributed by atoms with van der Waals surface area (Å²) in [6, 6.07) is 5.35. The van der Waals surface area contributed by atoms with Gasteiger partial charge in [0.05, 0.1) is 17.6 Å². The summed E-state index contributed by atoms with van der Waals surface area (Å²) >= 11 is 0. The van der Waals surface area contributed by atoms with Gasteiger partial charge < -0.3 is 9.84 Å². The quantitative estimate of drug-likeness (QED) is 0.547. The number of hydrogen-bond donors (Lipinski definition) is 2. The highest BCUT2D eigenvalue weighted by Gasteiger charge is 2.14. The number of carboxylic acids is 1. The fourth-order valence-electron chi connectivity index (χ4n) is 1.58. The molecule has 0 unspecified atom stereocenters. The minimum atomic E-state index is -3.66. The predicted molar refractivity (Wildman–Crippen MR) is 74.5 cm³/mol. The van der Waals surface area contributed by atoms with E-state index >= 15 is 0 Å². The van der Waals surface area contributed by atoms with Crippen LogP contribution in [-0.4, -0.2) is 39.1 Å². The first-order valence-electron chi connectivity index (χ1n) is 6.26. The van der Waals surface area contributed by atoms with Crippen molar-refractivity contribution in [2.45, 2.75) is 24.2 Å². The highest BCUT2D eigenvalue weighted by molar-refractivity contribution is 7.89. The van der Waals surface area contributed by atoms with Crippen molar-refractivity contribution >= 4 is 22.0 Å². The van der Waals surface area contributed by atoms with Crippen LogP contribution in [0.1, 0.15) is 29.6 Å². The molecule has 1 rings (SSSR count). The predicted octanol–water partition coefficient (Wildman–Crippen LogP) is 1.01. The molecule has 0 fully saturated rings. The van der Waals surface area contributed by atoms with Crippen LogP contribution in [0.4, 0.5) is 0 Å². The van der Waals surface area contributed by atoms with Gasteiger partial charge in [0, 0.05) is 13.0 Å². The van der Waals surface area contributed by atoms with Gasteiger partial charge in [-0.2, -0.15) is 0 Å². The second kappa shape index (κ2) is 7.75. The number of methoxy groups -OCH3 is 1. The maximum absolute atomic E-state index is 11.9. The molecule has 8 heteroatoms. The lowest BCUT2D eigenvalue weighted by molar-refractivity contribution is -0.137. The third-order valence-corrected chi connectivity index (χ3v) is 4.17. The van der Waals surface area contributed by atoms with Gasteiger partial charge in [0.15, 0.2) is 0 Å². The molecule has 0 aliphatic carbocycles. The van der Waals surface area contributed by atoms with E-state index in [1.807, 2.05) is 0 Å². The van der Waals surface area contributed by atoms with Gasteiger partial charge in [-0.15, -0.1) is 0 Å². The van der Waals surface area contributed by atoms with E-state index in [0.29, 0.717) is 12.8 Å². The Kier molecular flexibility index (Phi) is 6.32. The Balaban J connectivity index is 2.58. The zero-order valence-electron chi connectivity index (χ0n) is 11.5. The number of esters is 1. The molecule has 0 aromatic heterocycles. The smallest absolute Gasteiger partial charge is 0.337 e. The van der Waals surface area contributed by atoms with E-state index in [4.69, 9.17) is 5.11 Å². The van der Waals surface area contributed by atoms with Gasteiger partial charge in [-0.25, -0.2) is 17.9 Å². The Bertz CT molecular complexity index is 594. The van der Waals surface area contributed by atoms with E-state index in [-0.39, 0.29) is 23.4 Å². The Morgan fingerprint density at radius 2 is 1.81 bits per heavy atom. The first kappa shape index (κ1) is 17.1. The maximum Gasteiger partial charge on any atom is 0.337 e. The number of hydrogen-bond acceptors (Lipinski definition) is 5. The Hall–Kier alpha value is -1.93. The van der Waals surface area contributed by atoms with Crippen molar-refractivity contribution in [2.24, 2.45) is 0 Å². The molecule has 0 heterocycles. The summed E-state index contributed by atoms with van der Waals surface area (Å²) in [5.41, 5.74) is 0.262. The molecule has 7 nitrogen and oxygen atoms in total. The molecule has 0 aliphatic rings. The summed E-state index contributed by atoms with van der Waals surface area (Å²) in [4.78, 5) is 21.6. The van der Waals surface area contributed by atoms with Crippen LogP contribution in [0.25, 0.3) is 0 Å². The number of carbonyl (C=O) groups excluding carboxylic acids is 1. The minimum absolute atomic E-state index is 0.00948. The van der Waals surface area contributed by atoms with E-state index in [1.54, 1.807) is 0 Å². The summed E-state index contributed by atoms with van der Waals surface area (Å²) in [5.74, 6) is -1.45. The monoisotopic (exact) mass is 315 g/mol. The van der Waals surface area contributed by atoms with E-state index in [2.05, 4.69) is 9.46 Å². The van der Waals surface area contributed by atoms with Crippen molar-refractivity contribution in [1.82, 2.24) is 4.72 Å². The summed E-state index contributed by atoms with van der Waals surface area (Å²) in [6.45, 7) is 0.161. The molecule has 0 saturated carbocycles. The van der Waals surface area contributed by atoms with Crippen LogP contribution < -0.4 is 4.72 Å². The Morgan fingerprint density at radius 3 is 2.33 bits per heavy atom. The largest absolute Gasteiger partial charge is 0.481 e. The van der Waals surface area contributed by atoms with Gasteiger partial charge in [0.2, 0.25) is 10.0 Å². The average molecular weight is 315 g/mol. The zero-order valence-corrected chi connectivity index (χ0v) is 12.4. The van der Waals surface area contributed by atoms with Crippen LogP contribution >= 0.6 is 0 Å². The lowest BCUT2D eigenvalue weighted by Crippen LogP contribution is -2.25. The van der Waals surface area contributed by atoms with Gasteiger partial charge in [-0.1, -0.05) is 0 Å². The molecule has 21 heavy (non-hydrogen) atoms. The zero-order chi connectivity index (χ0) is 15.9. The number of benzene rings is 1. The van der Waals surface area contributed by atoms with Gasteiger partial charge in [0.1, 0.15) is 0 Å². The highest BCUT2D eigenvalue weighted by atomic mass is 32.2. The van der Waals surface area contributed by atoms with Crippen LogP contribution in [0.15, 0.2) is 29.2 Å². The molecule has 0 bridgehead atoms. The summed E-state index contributed by atoms with van der Waals surface area (Å²) < 4.78 is 30.8. The van der Waals surface area contributed by atoms with Crippen molar-refractivity contribution in [3.63, 3.8) is 0 Å². The van der Waals surface area contributed by atoms with Gasteiger partial charge in [0.25, 0.3) is 0 Å². The number of unbranched alkanes of at least 4 members (excludes halogenated alkanes) is 1. The fourth-order valence-corrected chi connectivity index (χ4v) is 2.65. The summed E-state index contributed by atoms with van der Waals surface area (Å²) in [6.07, 6.45) is 0.848. The molecule has 0 saturated heterocycles. The number of rotatable bonds is 8. The van der Waals surface area contributed by atoms with Crippen LogP contribution in [0.3, 0.4) is 0 Å². The number of aliphatic carboxylic acids is 1. The Labute approximate surface area is 123 Å². The van der Waals surface area contributed by atoms with Gasteiger partial charge in [-0.05, 0) is 37.1 Å². The van der Waals surface area contributed by atoms with E-state index in [9.17, 15) is 18.0 Å². The molecule has 2 N–H and O–H groups in total. The molecule has 0 aliphatic heterocycles. The van der Waals surface area contributed by atoms with E-state index < -0.39 is 22.0 Å². The second-order valence-electron chi connectivity index (χ2n) is 4.26. The third-order valence-electron chi connectivity index (χ3n) is 2.70. The third kappa shape index (κ3) is 5.52. The highest BCUT2D eigenvalue weighted by Crippen LogP contribution is 2.11. The molecule has 0 radical (unpaired) electrons. The van der Waals surface area contributed by atoms with Crippen molar-refractivity contribution in [2.75, 3.05) is 13.7 Å². The minimum Gasteiger partial charge on any atom is -0.481 e. The van der Waals surface area contributed by atoms with Crippen molar-refractivity contribution in [1.29, 1.82) is 0 Å². The molecular formula is C13H17NO6S. The molecule has 0 amide bonds. The summed E-state index contributed by atoms with van der Waals surface area (Å²) in [7, 11) is -2.42. The second-order valence-corrected chi connectivity index (χ2v) is 6.03. The van der Waals surface area contributed by atoms with E-state index in [0.717, 1.165) is 0 Å². The number of nitrogens with one attached hydrogen (secondary N) is 1. The summed E-state index contributed by atoms with van der Waals surface area (Å²) in [5, 5.41) is 8.47. The molecule has 1 aromatic rings. The molecule has 1 aromatic carbocycles.